The first-order valence-corrected chi connectivity index (χ1v) is 12.1. The highest BCUT2D eigenvalue weighted by Crippen LogP contribution is 2.61. The predicted molar refractivity (Wildman–Crippen MR) is 125 cm³/mol. The quantitative estimate of drug-likeness (QED) is 0.672. The summed E-state index contributed by atoms with van der Waals surface area (Å²) in [5.41, 5.74) is 6.86. The minimum Gasteiger partial charge on any atom is -0.394 e. The fourth-order valence-electron chi connectivity index (χ4n) is 6.14. The van der Waals surface area contributed by atoms with E-state index in [0.717, 1.165) is 17.9 Å². The Morgan fingerprint density at radius 2 is 1.81 bits per heavy atom. The SMILES string of the molecule is COC1(c2ccc(C)c(Cc3ccc(C4CC5(CCC5)C4)cc3)c2)CC(O)CC(CO)O1. The molecule has 1 aliphatic heterocycles. The van der Waals surface area contributed by atoms with Gasteiger partial charge in [0, 0.05) is 25.5 Å². The number of aliphatic hydroxyl groups excluding tert-OH is 2. The molecule has 3 atom stereocenters. The number of hydrogen-bond donors (Lipinski definition) is 2. The molecule has 4 heteroatoms. The first kappa shape index (κ1) is 22.1. The van der Waals surface area contributed by atoms with Gasteiger partial charge < -0.3 is 19.7 Å². The van der Waals surface area contributed by atoms with Gasteiger partial charge in [-0.25, -0.2) is 0 Å². The smallest absolute Gasteiger partial charge is 0.197 e. The monoisotopic (exact) mass is 436 g/mol. The summed E-state index contributed by atoms with van der Waals surface area (Å²) in [7, 11) is 1.61. The van der Waals surface area contributed by atoms with E-state index in [2.05, 4.69) is 43.3 Å². The largest absolute Gasteiger partial charge is 0.394 e. The Kier molecular flexibility index (Phi) is 5.91. The molecule has 0 amide bonds. The molecular formula is C28H36O4. The second-order valence-corrected chi connectivity index (χ2v) is 10.5. The first-order valence-electron chi connectivity index (χ1n) is 12.1. The molecule has 1 saturated heterocycles. The summed E-state index contributed by atoms with van der Waals surface area (Å²) in [6.45, 7) is 2.00. The molecule has 1 heterocycles. The van der Waals surface area contributed by atoms with Gasteiger partial charge in [-0.05, 0) is 78.7 Å². The van der Waals surface area contributed by atoms with Crippen molar-refractivity contribution in [1.82, 2.24) is 0 Å². The van der Waals surface area contributed by atoms with Gasteiger partial charge in [0.1, 0.15) is 0 Å². The van der Waals surface area contributed by atoms with Crippen LogP contribution in [0.5, 0.6) is 0 Å². The van der Waals surface area contributed by atoms with Crippen LogP contribution in [-0.4, -0.2) is 36.1 Å². The minimum atomic E-state index is -1.03. The Balaban J connectivity index is 1.32. The van der Waals surface area contributed by atoms with Crippen LogP contribution < -0.4 is 0 Å². The van der Waals surface area contributed by atoms with Crippen LogP contribution in [-0.2, 0) is 21.7 Å². The number of hydrogen-bond acceptors (Lipinski definition) is 4. The third-order valence-corrected chi connectivity index (χ3v) is 8.34. The summed E-state index contributed by atoms with van der Waals surface area (Å²) in [6.07, 6.45) is 7.72. The third kappa shape index (κ3) is 4.03. The molecule has 0 aromatic heterocycles. The molecule has 3 unspecified atom stereocenters. The van der Waals surface area contributed by atoms with E-state index in [1.807, 2.05) is 6.07 Å². The van der Waals surface area contributed by atoms with Crippen LogP contribution in [0.1, 0.15) is 78.7 Å². The maximum Gasteiger partial charge on any atom is 0.197 e. The van der Waals surface area contributed by atoms with Gasteiger partial charge in [-0.2, -0.15) is 0 Å². The van der Waals surface area contributed by atoms with Gasteiger partial charge in [-0.15, -0.1) is 0 Å². The van der Waals surface area contributed by atoms with Crippen molar-refractivity contribution < 1.29 is 19.7 Å². The van der Waals surface area contributed by atoms with Crippen LogP contribution in [0.3, 0.4) is 0 Å². The summed E-state index contributed by atoms with van der Waals surface area (Å²) < 4.78 is 11.9. The van der Waals surface area contributed by atoms with E-state index < -0.39 is 18.0 Å². The second-order valence-electron chi connectivity index (χ2n) is 10.5. The molecular weight excluding hydrogens is 400 g/mol. The van der Waals surface area contributed by atoms with E-state index in [9.17, 15) is 10.2 Å². The zero-order chi connectivity index (χ0) is 22.3. The zero-order valence-corrected chi connectivity index (χ0v) is 19.3. The Labute approximate surface area is 191 Å². The highest BCUT2D eigenvalue weighted by atomic mass is 16.7. The van der Waals surface area contributed by atoms with Gasteiger partial charge >= 0.3 is 0 Å². The lowest BCUT2D eigenvalue weighted by molar-refractivity contribution is -0.298. The van der Waals surface area contributed by atoms with E-state index >= 15 is 0 Å². The Bertz CT molecular complexity index is 940. The van der Waals surface area contributed by atoms with Crippen molar-refractivity contribution in [2.45, 2.75) is 82.2 Å². The molecule has 0 radical (unpaired) electrons. The van der Waals surface area contributed by atoms with Crippen molar-refractivity contribution in [2.24, 2.45) is 5.41 Å². The minimum absolute atomic E-state index is 0.130. The zero-order valence-electron chi connectivity index (χ0n) is 19.3. The van der Waals surface area contributed by atoms with Crippen LogP contribution in [0.25, 0.3) is 0 Å². The standard InChI is InChI=1S/C28H36O4/c1-19-4-9-24(28(31-2)17-25(30)14-26(18-29)32-28)13-22(19)12-20-5-7-21(8-6-20)23-15-27(16-23)10-3-11-27/h4-9,13,23,25-26,29-30H,3,10-12,14-18H2,1-2H3. The maximum absolute atomic E-state index is 10.4. The fraction of sp³-hybridized carbons (Fsp3) is 0.571. The Hall–Kier alpha value is -1.72. The van der Waals surface area contributed by atoms with Crippen LogP contribution in [0.15, 0.2) is 42.5 Å². The molecule has 172 valence electrons. The summed E-state index contributed by atoms with van der Waals surface area (Å²) >= 11 is 0. The number of aliphatic hydroxyl groups is 2. The summed E-state index contributed by atoms with van der Waals surface area (Å²) in [5, 5.41) is 20.0. The highest BCUT2D eigenvalue weighted by molar-refractivity contribution is 5.38. The lowest BCUT2D eigenvalue weighted by Gasteiger charge is -2.54. The molecule has 2 saturated carbocycles. The summed E-state index contributed by atoms with van der Waals surface area (Å²) in [4.78, 5) is 0. The van der Waals surface area contributed by atoms with Crippen LogP contribution >= 0.6 is 0 Å². The molecule has 1 spiro atoms. The average molecular weight is 437 g/mol. The van der Waals surface area contributed by atoms with Crippen molar-refractivity contribution >= 4 is 0 Å². The normalized spacial score (nSPS) is 29.5. The van der Waals surface area contributed by atoms with E-state index in [1.54, 1.807) is 7.11 Å². The van der Waals surface area contributed by atoms with E-state index in [0.29, 0.717) is 18.3 Å². The molecule has 4 nitrogen and oxygen atoms in total. The van der Waals surface area contributed by atoms with Gasteiger partial charge in [-0.3, -0.25) is 0 Å². The number of methoxy groups -OCH3 is 1. The van der Waals surface area contributed by atoms with Crippen molar-refractivity contribution in [2.75, 3.05) is 13.7 Å². The number of ether oxygens (including phenoxy) is 2. The van der Waals surface area contributed by atoms with Gasteiger partial charge in [0.05, 0.1) is 18.8 Å². The van der Waals surface area contributed by atoms with Gasteiger partial charge in [0.2, 0.25) is 0 Å². The molecule has 3 aliphatic rings. The van der Waals surface area contributed by atoms with Gasteiger partial charge in [0.25, 0.3) is 0 Å². The Morgan fingerprint density at radius 3 is 2.44 bits per heavy atom. The lowest BCUT2D eigenvalue weighted by atomic mass is 9.51. The Morgan fingerprint density at radius 1 is 1.06 bits per heavy atom. The molecule has 0 bridgehead atoms. The van der Waals surface area contributed by atoms with Crippen LogP contribution in [0, 0.1) is 12.3 Å². The molecule has 2 N–H and O–H groups in total. The van der Waals surface area contributed by atoms with Crippen molar-refractivity contribution in [3.05, 3.63) is 70.3 Å². The third-order valence-electron chi connectivity index (χ3n) is 8.34. The average Bonchev–Trinajstić information content (AvgIpc) is 2.74. The molecule has 5 rings (SSSR count). The number of benzene rings is 2. The molecule has 2 aromatic carbocycles. The lowest BCUT2D eigenvalue weighted by Crippen LogP contribution is -2.46. The first-order chi connectivity index (χ1) is 15.4. The van der Waals surface area contributed by atoms with Crippen molar-refractivity contribution in [1.29, 1.82) is 0 Å². The van der Waals surface area contributed by atoms with E-state index in [4.69, 9.17) is 9.47 Å². The van der Waals surface area contributed by atoms with Crippen LogP contribution in [0.2, 0.25) is 0 Å². The molecule has 2 aliphatic carbocycles. The fourth-order valence-corrected chi connectivity index (χ4v) is 6.14. The van der Waals surface area contributed by atoms with Crippen molar-refractivity contribution in [3.8, 4) is 0 Å². The summed E-state index contributed by atoms with van der Waals surface area (Å²) in [6, 6.07) is 15.5. The molecule has 3 fully saturated rings. The maximum atomic E-state index is 10.4. The van der Waals surface area contributed by atoms with E-state index in [-0.39, 0.29) is 6.61 Å². The second kappa shape index (κ2) is 8.57. The summed E-state index contributed by atoms with van der Waals surface area (Å²) in [5.74, 6) is -0.274. The number of aryl methyl sites for hydroxylation is 1. The van der Waals surface area contributed by atoms with Crippen LogP contribution in [0.4, 0.5) is 0 Å². The van der Waals surface area contributed by atoms with Gasteiger partial charge in [-0.1, -0.05) is 42.8 Å². The topological polar surface area (TPSA) is 58.9 Å². The molecule has 2 aromatic rings. The van der Waals surface area contributed by atoms with Crippen molar-refractivity contribution in [3.63, 3.8) is 0 Å². The van der Waals surface area contributed by atoms with E-state index in [1.165, 1.54) is 54.4 Å². The molecule has 32 heavy (non-hydrogen) atoms. The number of rotatable bonds is 6. The van der Waals surface area contributed by atoms with Gasteiger partial charge in [0.15, 0.2) is 5.79 Å². The predicted octanol–water partition coefficient (Wildman–Crippen LogP) is 4.96. The highest BCUT2D eigenvalue weighted by Gasteiger charge is 2.48.